The Morgan fingerprint density at radius 3 is 1.36 bits per heavy atom. The Hall–Kier alpha value is -4.06. The molecule has 0 radical (unpaired) electrons. The summed E-state index contributed by atoms with van der Waals surface area (Å²) in [6.45, 7) is 10.6. The van der Waals surface area contributed by atoms with Gasteiger partial charge < -0.3 is 12.4 Å². The minimum absolute atomic E-state index is 0. The standard InChI is InChI=1S/C20H16Cl2N2OS.C17H10Cl2N2O2S.C4H10.CH4.ClH.2H2/c1-12(2)9-13-3-5-14(6-4-13)19(25)24-20-23-18(11-26-20)15-7-8-16(21)17(22)10-15;18-13-6-5-12(7-14(13)19)15-9-24-17(20-15)21-16(23)11-3-1-10(8-22)2-4-11;1-4(2)3;;;;/h3-11H,1-2H3,(H,23,24,25);1-9H,(H,20,21,23);4H,1-3H3;1H4;3*1H/p-1. The average molecular weight is 894 g/mol. The van der Waals surface area contributed by atoms with Gasteiger partial charge in [-0.2, -0.15) is 0 Å². The van der Waals surface area contributed by atoms with Gasteiger partial charge in [0.25, 0.3) is 11.8 Å². The zero-order chi connectivity index (χ0) is 39.4. The van der Waals surface area contributed by atoms with Gasteiger partial charge in [0, 0.05) is 41.4 Å². The van der Waals surface area contributed by atoms with Gasteiger partial charge in [-0.15, -0.1) is 22.7 Å². The highest BCUT2D eigenvalue weighted by Crippen LogP contribution is 2.32. The lowest BCUT2D eigenvalue weighted by atomic mass is 10.1. The monoisotopic (exact) mass is 891 g/mol. The summed E-state index contributed by atoms with van der Waals surface area (Å²) in [5.74, 6) is 0.353. The lowest BCUT2D eigenvalue weighted by Gasteiger charge is -2.03. The number of aldehydes is 1. The fourth-order valence-corrected chi connectivity index (χ4v) is 6.38. The normalized spacial score (nSPS) is 9.96. The van der Waals surface area contributed by atoms with Crippen LogP contribution in [0.1, 0.15) is 81.5 Å². The van der Waals surface area contributed by atoms with E-state index < -0.39 is 0 Å². The molecule has 6 rings (SSSR count). The van der Waals surface area contributed by atoms with Crippen LogP contribution in [0.5, 0.6) is 0 Å². The first-order valence-electron chi connectivity index (χ1n) is 16.5. The molecule has 0 aliphatic heterocycles. The molecule has 0 fully saturated rings. The Morgan fingerprint density at radius 1 is 0.643 bits per heavy atom. The number of hydrogen-bond donors (Lipinski definition) is 2. The van der Waals surface area contributed by atoms with Crippen LogP contribution in [0.3, 0.4) is 0 Å². The van der Waals surface area contributed by atoms with Crippen molar-refractivity contribution >= 4 is 104 Å². The minimum Gasteiger partial charge on any atom is -1.00 e. The maximum absolute atomic E-state index is 12.4. The zero-order valence-corrected chi connectivity index (χ0v) is 35.7. The summed E-state index contributed by atoms with van der Waals surface area (Å²) in [7, 11) is 0. The van der Waals surface area contributed by atoms with E-state index in [4.69, 9.17) is 46.4 Å². The van der Waals surface area contributed by atoms with Crippen LogP contribution in [0, 0.1) is 5.92 Å². The Bertz CT molecular complexity index is 2260. The average Bonchev–Trinajstić information content (AvgIpc) is 3.81. The number of amides is 2. The van der Waals surface area contributed by atoms with Crippen molar-refractivity contribution in [3.8, 4) is 22.5 Å². The molecule has 298 valence electrons. The lowest BCUT2D eigenvalue weighted by molar-refractivity contribution is -0.0000322. The van der Waals surface area contributed by atoms with Gasteiger partial charge >= 0.3 is 0 Å². The number of carbonyl (C=O) groups is 3. The van der Waals surface area contributed by atoms with E-state index >= 15 is 0 Å². The lowest BCUT2D eigenvalue weighted by Crippen LogP contribution is -3.00. The second-order valence-electron chi connectivity index (χ2n) is 12.6. The van der Waals surface area contributed by atoms with Crippen molar-refractivity contribution in [3.63, 3.8) is 0 Å². The first kappa shape index (κ1) is 48.1. The van der Waals surface area contributed by atoms with E-state index in [1.165, 1.54) is 28.2 Å². The fourth-order valence-electron chi connectivity index (χ4n) is 4.35. The Morgan fingerprint density at radius 2 is 1.02 bits per heavy atom. The molecule has 0 saturated carbocycles. The van der Waals surface area contributed by atoms with Gasteiger partial charge in [0.1, 0.15) is 6.29 Å². The molecule has 0 spiro atoms. The van der Waals surface area contributed by atoms with E-state index in [2.05, 4.69) is 47.4 Å². The third-order valence-corrected chi connectivity index (χ3v) is 9.81. The highest BCUT2D eigenvalue weighted by Gasteiger charge is 2.13. The molecule has 14 heteroatoms. The first-order chi connectivity index (χ1) is 25.7. The third kappa shape index (κ3) is 14.8. The summed E-state index contributed by atoms with van der Waals surface area (Å²) >= 11 is 26.6. The van der Waals surface area contributed by atoms with Crippen LogP contribution < -0.4 is 23.0 Å². The highest BCUT2D eigenvalue weighted by molar-refractivity contribution is 7.14. The largest absolute Gasteiger partial charge is 1.00 e. The summed E-state index contributed by atoms with van der Waals surface area (Å²) < 4.78 is 0. The molecule has 2 aromatic heterocycles. The molecular weight excluding hydrogens is 850 g/mol. The molecule has 56 heavy (non-hydrogen) atoms. The van der Waals surface area contributed by atoms with Crippen LogP contribution in [0.2, 0.25) is 20.1 Å². The van der Waals surface area contributed by atoms with Crippen molar-refractivity contribution in [2.24, 2.45) is 5.92 Å². The quantitative estimate of drug-likeness (QED) is 0.148. The number of anilines is 2. The Labute approximate surface area is 365 Å². The minimum atomic E-state index is -0.289. The van der Waals surface area contributed by atoms with E-state index in [0.29, 0.717) is 52.7 Å². The molecule has 6 aromatic rings. The van der Waals surface area contributed by atoms with Gasteiger partial charge in [-0.1, -0.05) is 123 Å². The van der Waals surface area contributed by atoms with Gasteiger partial charge in [-0.05, 0) is 73.9 Å². The zero-order valence-electron chi connectivity index (χ0n) is 30.3. The van der Waals surface area contributed by atoms with Crippen molar-refractivity contribution in [1.82, 2.24) is 9.97 Å². The number of carbonyl (C=O) groups excluding carboxylic acids is 3. The van der Waals surface area contributed by atoms with Crippen molar-refractivity contribution in [3.05, 3.63) is 144 Å². The van der Waals surface area contributed by atoms with Crippen molar-refractivity contribution in [2.75, 3.05) is 10.6 Å². The van der Waals surface area contributed by atoms with Crippen LogP contribution in [0.25, 0.3) is 28.6 Å². The number of thiazole rings is 2. The molecule has 0 atom stereocenters. The molecule has 0 bridgehead atoms. The Balaban J connectivity index is 0.000000966. The molecule has 7 nitrogen and oxygen atoms in total. The van der Waals surface area contributed by atoms with Crippen molar-refractivity contribution in [1.29, 1.82) is 0 Å². The van der Waals surface area contributed by atoms with E-state index in [-0.39, 0.29) is 34.5 Å². The summed E-state index contributed by atoms with van der Waals surface area (Å²) in [5, 5.41) is 12.1. The molecular formula is C42H44Cl5N4O3S2-. The topological polar surface area (TPSA) is 101 Å². The van der Waals surface area contributed by atoms with E-state index in [1.807, 2.05) is 48.9 Å². The molecule has 0 unspecified atom stereocenters. The maximum Gasteiger partial charge on any atom is 0.257 e. The SMILES string of the molecule is C.CC(C)=Cc1ccc(C(=O)Nc2nc(-c3ccc(Cl)c(Cl)c3)cs2)cc1.CC(C)C.O=Cc1ccc(C(=O)Nc2nc(-c3ccc(Cl)c(Cl)c3)cs2)cc1.[Cl-].[HH].[HH]. The Kier molecular flexibility index (Phi) is 20.0. The molecule has 2 heterocycles. The molecule has 0 aliphatic rings. The fraction of sp³-hybridized carbons (Fsp3) is 0.167. The van der Waals surface area contributed by atoms with E-state index in [9.17, 15) is 14.4 Å². The van der Waals surface area contributed by atoms with E-state index in [1.54, 1.807) is 60.7 Å². The van der Waals surface area contributed by atoms with Gasteiger partial charge in [-0.3, -0.25) is 25.0 Å². The molecule has 2 amide bonds. The maximum atomic E-state index is 12.4. The summed E-state index contributed by atoms with van der Waals surface area (Å²) in [6.07, 6.45) is 2.79. The first-order valence-corrected chi connectivity index (χ1v) is 19.7. The van der Waals surface area contributed by atoms with Crippen LogP contribution in [-0.4, -0.2) is 28.1 Å². The number of halogens is 5. The number of benzene rings is 4. The van der Waals surface area contributed by atoms with Crippen LogP contribution in [-0.2, 0) is 0 Å². The molecule has 4 aromatic carbocycles. The van der Waals surface area contributed by atoms with E-state index in [0.717, 1.165) is 34.6 Å². The highest BCUT2D eigenvalue weighted by atomic mass is 35.5. The predicted molar refractivity (Wildman–Crippen MR) is 240 cm³/mol. The number of rotatable bonds is 8. The van der Waals surface area contributed by atoms with Gasteiger partial charge in [-0.25, -0.2) is 9.97 Å². The second kappa shape index (κ2) is 23.2. The molecule has 0 saturated heterocycles. The second-order valence-corrected chi connectivity index (χ2v) is 15.9. The summed E-state index contributed by atoms with van der Waals surface area (Å²) in [5.41, 5.74) is 6.93. The van der Waals surface area contributed by atoms with Gasteiger partial charge in [0.15, 0.2) is 10.3 Å². The number of hydrogen-bond acceptors (Lipinski definition) is 7. The van der Waals surface area contributed by atoms with Crippen LogP contribution >= 0.6 is 69.1 Å². The molecule has 2 N–H and O–H groups in total. The molecule has 0 aliphatic carbocycles. The smallest absolute Gasteiger partial charge is 0.257 e. The predicted octanol–water partition coefficient (Wildman–Crippen LogP) is 11.8. The summed E-state index contributed by atoms with van der Waals surface area (Å²) in [4.78, 5) is 44.0. The van der Waals surface area contributed by atoms with Crippen molar-refractivity contribution in [2.45, 2.75) is 42.0 Å². The third-order valence-electron chi connectivity index (χ3n) is 6.82. The number of nitrogens with zero attached hydrogens (tertiary/aromatic N) is 2. The van der Waals surface area contributed by atoms with Crippen LogP contribution in [0.15, 0.2) is 101 Å². The van der Waals surface area contributed by atoms with Crippen molar-refractivity contribution < 1.29 is 29.6 Å². The van der Waals surface area contributed by atoms with Crippen LogP contribution in [0.4, 0.5) is 10.3 Å². The van der Waals surface area contributed by atoms with Gasteiger partial charge in [0.05, 0.1) is 31.5 Å². The summed E-state index contributed by atoms with van der Waals surface area (Å²) in [6, 6.07) is 24.4. The van der Waals surface area contributed by atoms with Gasteiger partial charge in [0.2, 0.25) is 0 Å². The number of nitrogens with one attached hydrogen (secondary N) is 2. The number of allylic oxidation sites excluding steroid dienone is 1. The number of aromatic nitrogens is 2.